The summed E-state index contributed by atoms with van der Waals surface area (Å²) in [7, 11) is 2.18. The average Bonchev–Trinajstić information content (AvgIpc) is 2.24. The largest absolute Gasteiger partial charge is 0.381 e. The fourth-order valence-corrected chi connectivity index (χ4v) is 2.43. The Bertz CT molecular complexity index is 365. The van der Waals surface area contributed by atoms with Crippen LogP contribution >= 0.6 is 11.6 Å². The van der Waals surface area contributed by atoms with E-state index in [9.17, 15) is 0 Å². The number of anilines is 1. The van der Waals surface area contributed by atoms with Crippen molar-refractivity contribution in [1.82, 2.24) is 4.90 Å². The molecule has 1 N–H and O–H groups in total. The van der Waals surface area contributed by atoms with Gasteiger partial charge in [0.2, 0.25) is 0 Å². The van der Waals surface area contributed by atoms with E-state index in [1.165, 1.54) is 30.6 Å². The van der Waals surface area contributed by atoms with Gasteiger partial charge in [-0.3, -0.25) is 0 Å². The van der Waals surface area contributed by atoms with Crippen molar-refractivity contribution in [2.75, 3.05) is 25.5 Å². The number of halogens is 1. The van der Waals surface area contributed by atoms with E-state index in [1.807, 2.05) is 12.1 Å². The fraction of sp³-hybridized carbons (Fsp3) is 0.538. The van der Waals surface area contributed by atoms with Crippen LogP contribution in [0.3, 0.4) is 0 Å². The molecular weight excluding hydrogens is 220 g/mol. The fourth-order valence-electron chi connectivity index (χ4n) is 2.25. The van der Waals surface area contributed by atoms with Crippen molar-refractivity contribution in [1.29, 1.82) is 0 Å². The predicted octanol–water partition coefficient (Wildman–Crippen LogP) is 3.15. The van der Waals surface area contributed by atoms with Crippen molar-refractivity contribution in [3.8, 4) is 0 Å². The molecule has 0 saturated carbocycles. The maximum Gasteiger partial charge on any atom is 0.0426 e. The number of likely N-dealkylation sites (N-methyl/N-ethyl adjacent to an activating group) is 1. The van der Waals surface area contributed by atoms with Gasteiger partial charge >= 0.3 is 0 Å². The van der Waals surface area contributed by atoms with Gasteiger partial charge in [-0.05, 0) is 51.1 Å². The number of piperidine rings is 1. The topological polar surface area (TPSA) is 15.3 Å². The molecule has 0 amide bonds. The van der Waals surface area contributed by atoms with E-state index in [1.54, 1.807) is 0 Å². The number of likely N-dealkylation sites (tertiary alicyclic amines) is 1. The molecule has 1 aromatic carbocycles. The van der Waals surface area contributed by atoms with Crippen molar-refractivity contribution < 1.29 is 0 Å². The molecule has 2 rings (SSSR count). The molecule has 0 spiro atoms. The molecule has 3 heteroatoms. The Labute approximate surface area is 103 Å². The molecule has 16 heavy (non-hydrogen) atoms. The molecule has 0 radical (unpaired) electrons. The van der Waals surface area contributed by atoms with Crippen LogP contribution in [0.1, 0.15) is 18.4 Å². The summed E-state index contributed by atoms with van der Waals surface area (Å²) < 4.78 is 0. The van der Waals surface area contributed by atoms with Crippen molar-refractivity contribution in [2.45, 2.75) is 25.8 Å². The van der Waals surface area contributed by atoms with Gasteiger partial charge < -0.3 is 10.2 Å². The van der Waals surface area contributed by atoms with Crippen LogP contribution in [0, 0.1) is 6.92 Å². The number of hydrogen-bond acceptors (Lipinski definition) is 2. The van der Waals surface area contributed by atoms with Crippen molar-refractivity contribution >= 4 is 17.3 Å². The van der Waals surface area contributed by atoms with Crippen LogP contribution in [0.25, 0.3) is 0 Å². The molecule has 0 aromatic heterocycles. The normalized spacial score (nSPS) is 22.1. The van der Waals surface area contributed by atoms with Crippen LogP contribution < -0.4 is 5.32 Å². The van der Waals surface area contributed by atoms with Gasteiger partial charge in [-0.2, -0.15) is 0 Å². The van der Waals surface area contributed by atoms with Gasteiger partial charge in [0.1, 0.15) is 0 Å². The van der Waals surface area contributed by atoms with Crippen LogP contribution in [0.15, 0.2) is 18.2 Å². The molecule has 1 unspecified atom stereocenters. The van der Waals surface area contributed by atoms with Gasteiger partial charge in [-0.15, -0.1) is 0 Å². The zero-order valence-electron chi connectivity index (χ0n) is 9.96. The minimum atomic E-state index is 0.552. The molecule has 2 nitrogen and oxygen atoms in total. The van der Waals surface area contributed by atoms with E-state index in [-0.39, 0.29) is 0 Å². The minimum Gasteiger partial charge on any atom is -0.381 e. The van der Waals surface area contributed by atoms with E-state index < -0.39 is 0 Å². The molecule has 1 aliphatic heterocycles. The number of nitrogens with one attached hydrogen (secondary N) is 1. The molecule has 1 fully saturated rings. The summed E-state index contributed by atoms with van der Waals surface area (Å²) in [6, 6.07) is 6.58. The summed E-state index contributed by atoms with van der Waals surface area (Å²) in [5.74, 6) is 0. The summed E-state index contributed by atoms with van der Waals surface area (Å²) in [4.78, 5) is 2.38. The Morgan fingerprint density at radius 1 is 1.44 bits per heavy atom. The number of aryl methyl sites for hydroxylation is 1. The Morgan fingerprint density at radius 2 is 2.25 bits per heavy atom. The second-order valence-electron chi connectivity index (χ2n) is 4.70. The number of hydrogen-bond donors (Lipinski definition) is 1. The van der Waals surface area contributed by atoms with Gasteiger partial charge in [0.15, 0.2) is 0 Å². The first-order valence-electron chi connectivity index (χ1n) is 5.86. The third kappa shape index (κ3) is 2.89. The lowest BCUT2D eigenvalue weighted by Gasteiger charge is -2.31. The van der Waals surface area contributed by atoms with Crippen LogP contribution in [-0.2, 0) is 0 Å². The SMILES string of the molecule is Cc1ccc(Cl)cc1NC1CCCN(C)C1. The highest BCUT2D eigenvalue weighted by atomic mass is 35.5. The summed E-state index contributed by atoms with van der Waals surface area (Å²) >= 11 is 6.01. The van der Waals surface area contributed by atoms with Crippen LogP contribution in [0.2, 0.25) is 5.02 Å². The Hall–Kier alpha value is -0.730. The third-order valence-corrected chi connectivity index (χ3v) is 3.42. The molecular formula is C13H19ClN2. The Balaban J connectivity index is 2.05. The van der Waals surface area contributed by atoms with E-state index in [0.29, 0.717) is 6.04 Å². The highest BCUT2D eigenvalue weighted by Crippen LogP contribution is 2.22. The molecule has 0 aliphatic carbocycles. The first kappa shape index (κ1) is 11.7. The van der Waals surface area contributed by atoms with Gasteiger partial charge in [0, 0.05) is 23.3 Å². The Morgan fingerprint density at radius 3 is 3.00 bits per heavy atom. The lowest BCUT2D eigenvalue weighted by molar-refractivity contribution is 0.261. The second-order valence-corrected chi connectivity index (χ2v) is 5.14. The average molecular weight is 239 g/mol. The minimum absolute atomic E-state index is 0.552. The Kier molecular flexibility index (Phi) is 3.72. The van der Waals surface area contributed by atoms with Crippen LogP contribution in [-0.4, -0.2) is 31.1 Å². The monoisotopic (exact) mass is 238 g/mol. The van der Waals surface area contributed by atoms with Crippen LogP contribution in [0.5, 0.6) is 0 Å². The van der Waals surface area contributed by atoms with Gasteiger partial charge in [0.05, 0.1) is 0 Å². The molecule has 1 aromatic rings. The molecule has 1 heterocycles. The van der Waals surface area contributed by atoms with Crippen LogP contribution in [0.4, 0.5) is 5.69 Å². The maximum absolute atomic E-state index is 6.01. The number of nitrogens with zero attached hydrogens (tertiary/aromatic N) is 1. The van der Waals surface area contributed by atoms with Crippen molar-refractivity contribution in [3.05, 3.63) is 28.8 Å². The number of rotatable bonds is 2. The highest BCUT2D eigenvalue weighted by Gasteiger charge is 2.17. The van der Waals surface area contributed by atoms with Gasteiger partial charge in [-0.25, -0.2) is 0 Å². The van der Waals surface area contributed by atoms with Gasteiger partial charge in [-0.1, -0.05) is 17.7 Å². The van der Waals surface area contributed by atoms with Crippen molar-refractivity contribution in [2.24, 2.45) is 0 Å². The molecule has 1 aliphatic rings. The molecule has 0 bridgehead atoms. The van der Waals surface area contributed by atoms with E-state index >= 15 is 0 Å². The van der Waals surface area contributed by atoms with Gasteiger partial charge in [0.25, 0.3) is 0 Å². The number of benzene rings is 1. The molecule has 1 saturated heterocycles. The zero-order chi connectivity index (χ0) is 11.5. The summed E-state index contributed by atoms with van der Waals surface area (Å²) in [5.41, 5.74) is 2.44. The smallest absolute Gasteiger partial charge is 0.0426 e. The summed E-state index contributed by atoms with van der Waals surface area (Å²) in [6.07, 6.45) is 2.52. The summed E-state index contributed by atoms with van der Waals surface area (Å²) in [6.45, 7) is 4.45. The van der Waals surface area contributed by atoms with E-state index in [4.69, 9.17) is 11.6 Å². The first-order chi connectivity index (χ1) is 7.65. The second kappa shape index (κ2) is 5.07. The first-order valence-corrected chi connectivity index (χ1v) is 6.24. The quantitative estimate of drug-likeness (QED) is 0.852. The summed E-state index contributed by atoms with van der Waals surface area (Å²) in [5, 5.41) is 4.40. The zero-order valence-corrected chi connectivity index (χ0v) is 10.7. The van der Waals surface area contributed by atoms with Crippen molar-refractivity contribution in [3.63, 3.8) is 0 Å². The highest BCUT2D eigenvalue weighted by molar-refractivity contribution is 6.30. The lowest BCUT2D eigenvalue weighted by Crippen LogP contribution is -2.39. The third-order valence-electron chi connectivity index (χ3n) is 3.18. The maximum atomic E-state index is 6.01. The lowest BCUT2D eigenvalue weighted by atomic mass is 10.1. The molecule has 88 valence electrons. The molecule has 1 atom stereocenters. The van der Waals surface area contributed by atoms with E-state index in [2.05, 4.69) is 30.3 Å². The predicted molar refractivity (Wildman–Crippen MR) is 70.3 cm³/mol. The van der Waals surface area contributed by atoms with E-state index in [0.717, 1.165) is 11.6 Å². The standard InChI is InChI=1S/C13H19ClN2/c1-10-5-6-11(14)8-13(10)15-12-4-3-7-16(2)9-12/h5-6,8,12,15H,3-4,7,9H2,1-2H3.